The lowest BCUT2D eigenvalue weighted by atomic mass is 9.96. The summed E-state index contributed by atoms with van der Waals surface area (Å²) < 4.78 is 1.83. The second-order valence-electron chi connectivity index (χ2n) is 7.15. The van der Waals surface area contributed by atoms with E-state index >= 15 is 0 Å². The summed E-state index contributed by atoms with van der Waals surface area (Å²) in [6, 6.07) is 21.4. The Hall–Kier alpha value is -2.64. The number of hydrogen-bond donors (Lipinski definition) is 0. The molecule has 0 bridgehead atoms. The maximum atomic E-state index is 12.7. The predicted molar refractivity (Wildman–Crippen MR) is 115 cm³/mol. The first-order chi connectivity index (χ1) is 14.2. The second-order valence-corrected chi connectivity index (χ2v) is 8.10. The van der Waals surface area contributed by atoms with Gasteiger partial charge in [-0.25, -0.2) is 0 Å². The molecule has 0 atom stereocenters. The van der Waals surface area contributed by atoms with Crippen LogP contribution >= 0.6 is 11.8 Å². The van der Waals surface area contributed by atoms with Crippen molar-refractivity contribution in [1.82, 2.24) is 24.6 Å². The molecule has 3 aromatic rings. The van der Waals surface area contributed by atoms with E-state index < -0.39 is 0 Å². The molecular formula is C22H25N5OS. The fraction of sp³-hybridized carbons (Fsp3) is 0.318. The Bertz CT molecular complexity index is 883. The number of nitrogens with zero attached hydrogens (tertiary/aromatic N) is 5. The van der Waals surface area contributed by atoms with E-state index in [0.29, 0.717) is 5.75 Å². The van der Waals surface area contributed by atoms with E-state index in [4.69, 9.17) is 0 Å². The van der Waals surface area contributed by atoms with Gasteiger partial charge in [0.15, 0.2) is 5.16 Å². The fourth-order valence-corrected chi connectivity index (χ4v) is 4.53. The van der Waals surface area contributed by atoms with Gasteiger partial charge in [-0.1, -0.05) is 72.4 Å². The molecular weight excluding hydrogens is 382 g/mol. The highest BCUT2D eigenvalue weighted by atomic mass is 32.2. The molecule has 0 radical (unpaired) electrons. The Morgan fingerprint density at radius 2 is 1.55 bits per heavy atom. The lowest BCUT2D eigenvalue weighted by Gasteiger charge is -2.39. The summed E-state index contributed by atoms with van der Waals surface area (Å²) in [6.07, 6.45) is 1.65. The molecule has 1 fully saturated rings. The van der Waals surface area contributed by atoms with Crippen LogP contribution in [0.25, 0.3) is 0 Å². The summed E-state index contributed by atoms with van der Waals surface area (Å²) in [6.45, 7) is 3.20. The molecule has 1 amide bonds. The summed E-state index contributed by atoms with van der Waals surface area (Å²) in [5.74, 6) is 0.557. The highest BCUT2D eigenvalue weighted by Crippen LogP contribution is 2.29. The van der Waals surface area contributed by atoms with Crippen molar-refractivity contribution in [2.45, 2.75) is 11.2 Å². The fourth-order valence-electron chi connectivity index (χ4n) is 3.74. The van der Waals surface area contributed by atoms with Crippen molar-refractivity contribution in [3.8, 4) is 0 Å². The Kier molecular flexibility index (Phi) is 6.27. The smallest absolute Gasteiger partial charge is 0.233 e. The van der Waals surface area contributed by atoms with Crippen LogP contribution in [0.1, 0.15) is 17.2 Å². The zero-order valence-electron chi connectivity index (χ0n) is 16.5. The minimum atomic E-state index is 0.161. The number of carbonyl (C=O) groups excluding carboxylic acids is 1. The minimum Gasteiger partial charge on any atom is -0.339 e. The Labute approximate surface area is 175 Å². The van der Waals surface area contributed by atoms with Gasteiger partial charge in [0, 0.05) is 33.2 Å². The van der Waals surface area contributed by atoms with Gasteiger partial charge in [-0.2, -0.15) is 0 Å². The van der Waals surface area contributed by atoms with Crippen molar-refractivity contribution >= 4 is 17.7 Å². The van der Waals surface area contributed by atoms with Gasteiger partial charge in [-0.15, -0.1) is 10.2 Å². The van der Waals surface area contributed by atoms with Crippen molar-refractivity contribution in [2.24, 2.45) is 7.05 Å². The molecule has 0 saturated carbocycles. The zero-order valence-corrected chi connectivity index (χ0v) is 17.3. The molecule has 6 nitrogen and oxygen atoms in total. The van der Waals surface area contributed by atoms with E-state index in [2.05, 4.69) is 75.8 Å². The molecule has 1 aliphatic heterocycles. The van der Waals surface area contributed by atoms with Crippen LogP contribution in [0.3, 0.4) is 0 Å². The van der Waals surface area contributed by atoms with Gasteiger partial charge in [0.05, 0.1) is 11.8 Å². The van der Waals surface area contributed by atoms with Gasteiger partial charge >= 0.3 is 0 Å². The van der Waals surface area contributed by atoms with Gasteiger partial charge in [0.1, 0.15) is 6.33 Å². The highest BCUT2D eigenvalue weighted by molar-refractivity contribution is 7.99. The van der Waals surface area contributed by atoms with E-state index in [0.717, 1.165) is 31.3 Å². The normalized spacial score (nSPS) is 15.0. The van der Waals surface area contributed by atoms with Gasteiger partial charge in [0.2, 0.25) is 5.91 Å². The van der Waals surface area contributed by atoms with Gasteiger partial charge in [-0.3, -0.25) is 9.69 Å². The summed E-state index contributed by atoms with van der Waals surface area (Å²) in [7, 11) is 1.89. The van der Waals surface area contributed by atoms with E-state index in [1.54, 1.807) is 6.33 Å². The van der Waals surface area contributed by atoms with Crippen LogP contribution in [-0.2, 0) is 11.8 Å². The zero-order chi connectivity index (χ0) is 20.1. The number of benzene rings is 2. The van der Waals surface area contributed by atoms with Crippen LogP contribution in [0.4, 0.5) is 0 Å². The average Bonchev–Trinajstić information content (AvgIpc) is 3.19. The lowest BCUT2D eigenvalue weighted by Crippen LogP contribution is -2.50. The summed E-state index contributed by atoms with van der Waals surface area (Å²) in [4.78, 5) is 17.1. The average molecular weight is 408 g/mol. The number of aromatic nitrogens is 3. The lowest BCUT2D eigenvalue weighted by molar-refractivity contribution is -0.130. The number of aryl methyl sites for hydroxylation is 1. The molecule has 4 rings (SSSR count). The van der Waals surface area contributed by atoms with Gasteiger partial charge in [0.25, 0.3) is 0 Å². The van der Waals surface area contributed by atoms with E-state index in [-0.39, 0.29) is 11.9 Å². The molecule has 0 unspecified atom stereocenters. The number of carbonyl (C=O) groups is 1. The maximum Gasteiger partial charge on any atom is 0.233 e. The standard InChI is InChI=1S/C22H25N5OS/c1-25-17-23-24-22(25)29-16-20(28)26-12-14-27(15-13-26)21(18-8-4-2-5-9-18)19-10-6-3-7-11-19/h2-11,17,21H,12-16H2,1H3. The number of piperazine rings is 1. The summed E-state index contributed by atoms with van der Waals surface area (Å²) in [5.41, 5.74) is 2.58. The first-order valence-corrected chi connectivity index (χ1v) is 10.8. The SMILES string of the molecule is Cn1cnnc1SCC(=O)N1CCN(C(c2ccccc2)c2ccccc2)CC1. The third-order valence-corrected chi connectivity index (χ3v) is 6.28. The number of hydrogen-bond acceptors (Lipinski definition) is 5. The Balaban J connectivity index is 1.40. The van der Waals surface area contributed by atoms with Crippen LogP contribution < -0.4 is 0 Å². The summed E-state index contributed by atoms with van der Waals surface area (Å²) in [5, 5.41) is 8.66. The van der Waals surface area contributed by atoms with Crippen LogP contribution in [0.2, 0.25) is 0 Å². The van der Waals surface area contributed by atoms with Crippen LogP contribution in [0, 0.1) is 0 Å². The Morgan fingerprint density at radius 1 is 0.966 bits per heavy atom. The van der Waals surface area contributed by atoms with E-state index in [9.17, 15) is 4.79 Å². The van der Waals surface area contributed by atoms with Crippen LogP contribution in [0.5, 0.6) is 0 Å². The third kappa shape index (κ3) is 4.68. The number of rotatable bonds is 6. The highest BCUT2D eigenvalue weighted by Gasteiger charge is 2.28. The minimum absolute atomic E-state index is 0.161. The first-order valence-electron chi connectivity index (χ1n) is 9.81. The van der Waals surface area contributed by atoms with Crippen molar-refractivity contribution in [2.75, 3.05) is 31.9 Å². The quantitative estimate of drug-likeness (QED) is 0.588. The monoisotopic (exact) mass is 407 g/mol. The van der Waals surface area contributed by atoms with Crippen molar-refractivity contribution < 1.29 is 4.79 Å². The molecule has 1 aromatic heterocycles. The molecule has 0 N–H and O–H groups in total. The number of thioether (sulfide) groups is 1. The molecule has 0 aliphatic carbocycles. The Morgan fingerprint density at radius 3 is 2.07 bits per heavy atom. The molecule has 29 heavy (non-hydrogen) atoms. The maximum absolute atomic E-state index is 12.7. The molecule has 2 heterocycles. The van der Waals surface area contributed by atoms with Crippen molar-refractivity contribution in [3.63, 3.8) is 0 Å². The second kappa shape index (κ2) is 9.24. The van der Waals surface area contributed by atoms with Gasteiger partial charge < -0.3 is 9.47 Å². The molecule has 0 spiro atoms. The number of amides is 1. The van der Waals surface area contributed by atoms with E-state index in [1.807, 2.05) is 16.5 Å². The first kappa shape index (κ1) is 19.7. The molecule has 2 aromatic carbocycles. The van der Waals surface area contributed by atoms with Crippen LogP contribution in [0.15, 0.2) is 72.1 Å². The molecule has 7 heteroatoms. The summed E-state index contributed by atoms with van der Waals surface area (Å²) >= 11 is 1.44. The van der Waals surface area contributed by atoms with Crippen LogP contribution in [-0.4, -0.2) is 62.4 Å². The largest absolute Gasteiger partial charge is 0.339 e. The van der Waals surface area contributed by atoms with Crippen molar-refractivity contribution in [1.29, 1.82) is 0 Å². The van der Waals surface area contributed by atoms with E-state index in [1.165, 1.54) is 22.9 Å². The predicted octanol–water partition coefficient (Wildman–Crippen LogP) is 2.84. The molecule has 1 saturated heterocycles. The molecule has 150 valence electrons. The molecule has 1 aliphatic rings. The van der Waals surface area contributed by atoms with Gasteiger partial charge in [-0.05, 0) is 11.1 Å². The topological polar surface area (TPSA) is 54.3 Å². The van der Waals surface area contributed by atoms with Crippen molar-refractivity contribution in [3.05, 3.63) is 78.1 Å². The third-order valence-electron chi connectivity index (χ3n) is 5.26.